The lowest BCUT2D eigenvalue weighted by atomic mass is 9.86. The van der Waals surface area contributed by atoms with Gasteiger partial charge in [0, 0.05) is 39.1 Å². The number of aromatic nitrogens is 2. The van der Waals surface area contributed by atoms with Crippen molar-refractivity contribution in [1.29, 1.82) is 5.41 Å². The third-order valence-corrected chi connectivity index (χ3v) is 9.93. The van der Waals surface area contributed by atoms with E-state index in [2.05, 4.69) is 121 Å². The van der Waals surface area contributed by atoms with E-state index < -0.39 is 0 Å². The minimum atomic E-state index is 0.455. The average molecular weight is 705 g/mol. The summed E-state index contributed by atoms with van der Waals surface area (Å²) in [4.78, 5) is 10.1. The molecule has 0 aliphatic carbocycles. The lowest BCUT2D eigenvalue weighted by Crippen LogP contribution is -2.20. The largest absolute Gasteiger partial charge is 0.354 e. The van der Waals surface area contributed by atoms with Crippen molar-refractivity contribution in [1.82, 2.24) is 15.3 Å². The van der Waals surface area contributed by atoms with Gasteiger partial charge in [0.2, 0.25) is 0 Å². The Hall–Kier alpha value is -7.43. The van der Waals surface area contributed by atoms with E-state index in [-0.39, 0.29) is 0 Å². The van der Waals surface area contributed by atoms with Crippen molar-refractivity contribution >= 4 is 28.8 Å². The van der Waals surface area contributed by atoms with E-state index in [9.17, 15) is 5.41 Å². The third-order valence-electron chi connectivity index (χ3n) is 9.93. The zero-order chi connectivity index (χ0) is 37.0. The Kier molecular flexibility index (Phi) is 9.05. The molecular weight excluding hydrogens is 669 g/mol. The molecule has 2 heterocycles. The van der Waals surface area contributed by atoms with E-state index in [0.29, 0.717) is 11.5 Å². The molecule has 1 aliphatic heterocycles. The number of hydrogen-bond acceptors (Lipinski definition) is 4. The summed E-state index contributed by atoms with van der Waals surface area (Å²) in [7, 11) is 0. The number of benzene rings is 7. The van der Waals surface area contributed by atoms with E-state index >= 15 is 0 Å². The number of nitrogens with zero attached hydrogens (tertiary/aromatic N) is 2. The van der Waals surface area contributed by atoms with Gasteiger partial charge in [-0.3, -0.25) is 5.41 Å². The third kappa shape index (κ3) is 6.93. The summed E-state index contributed by atoms with van der Waals surface area (Å²) >= 11 is 0. The maximum absolute atomic E-state index is 9.61. The average Bonchev–Trinajstić information content (AvgIpc) is 3.27. The van der Waals surface area contributed by atoms with Gasteiger partial charge < -0.3 is 5.32 Å². The minimum Gasteiger partial charge on any atom is -0.354 e. The van der Waals surface area contributed by atoms with Gasteiger partial charge in [-0.2, -0.15) is 0 Å². The summed E-state index contributed by atoms with van der Waals surface area (Å²) in [6, 6.07) is 68.3. The Balaban J connectivity index is 1.16. The molecule has 55 heavy (non-hydrogen) atoms. The van der Waals surface area contributed by atoms with Gasteiger partial charge in [0.05, 0.1) is 22.8 Å². The van der Waals surface area contributed by atoms with Crippen LogP contribution in [0.25, 0.3) is 68.1 Å². The molecule has 0 fully saturated rings. The number of hydrogen-bond donors (Lipinski definition) is 2. The Morgan fingerprint density at radius 3 is 1.45 bits per heavy atom. The summed E-state index contributed by atoms with van der Waals surface area (Å²) in [5.41, 5.74) is 15.2. The SMILES string of the molecule is N=C(/C(=C1\NC(c2ccccc2)=Cc2ccc(-c3ccc(-c4nc(-c5ccccc5)cc(-c5ccccc5)n4)cc3)cc21)c1ccccc1)c1ccccc1. The second kappa shape index (κ2) is 14.9. The Labute approximate surface area is 321 Å². The van der Waals surface area contributed by atoms with Crippen LogP contribution in [0.15, 0.2) is 200 Å². The Morgan fingerprint density at radius 2 is 0.891 bits per heavy atom. The highest BCUT2D eigenvalue weighted by Crippen LogP contribution is 2.38. The van der Waals surface area contributed by atoms with E-state index in [1.807, 2.05) is 91.0 Å². The summed E-state index contributed by atoms with van der Waals surface area (Å²) < 4.78 is 0. The Morgan fingerprint density at radius 1 is 0.418 bits per heavy atom. The van der Waals surface area contributed by atoms with Crippen molar-refractivity contribution in [2.75, 3.05) is 0 Å². The highest BCUT2D eigenvalue weighted by Gasteiger charge is 2.24. The summed E-state index contributed by atoms with van der Waals surface area (Å²) in [5.74, 6) is 0.678. The molecular formula is C51H36N4. The number of fused-ring (bicyclic) bond motifs is 1. The van der Waals surface area contributed by atoms with E-state index in [0.717, 1.165) is 84.0 Å². The maximum Gasteiger partial charge on any atom is 0.160 e. The number of rotatable bonds is 8. The molecule has 9 rings (SSSR count). The van der Waals surface area contributed by atoms with Crippen molar-refractivity contribution in [3.8, 4) is 45.0 Å². The van der Waals surface area contributed by atoms with Crippen LogP contribution in [0, 0.1) is 5.41 Å². The van der Waals surface area contributed by atoms with Gasteiger partial charge in [-0.05, 0) is 46.0 Å². The van der Waals surface area contributed by atoms with E-state index in [1.54, 1.807) is 0 Å². The minimum absolute atomic E-state index is 0.455. The summed E-state index contributed by atoms with van der Waals surface area (Å²) in [6.45, 7) is 0. The molecule has 1 aromatic heterocycles. The van der Waals surface area contributed by atoms with Gasteiger partial charge in [0.25, 0.3) is 0 Å². The second-order valence-corrected chi connectivity index (χ2v) is 13.5. The maximum atomic E-state index is 9.61. The van der Waals surface area contributed by atoms with Gasteiger partial charge in [-0.1, -0.05) is 188 Å². The standard InChI is InChI=1S/C51H36N4/c52-49(40-24-14-5-15-25-40)48(39-22-12-4-13-23-39)50-44-32-42(30-31-43(44)33-45(53-50)36-16-6-1-7-17-36)35-26-28-41(29-27-35)51-54-46(37-18-8-2-9-19-37)34-47(55-51)38-20-10-3-11-21-38/h1-34,52-53H/b50-48-,52-49?. The van der Waals surface area contributed by atoms with Gasteiger partial charge in [-0.25, -0.2) is 9.97 Å². The van der Waals surface area contributed by atoms with Crippen LogP contribution < -0.4 is 5.32 Å². The molecule has 0 spiro atoms. The fourth-order valence-electron chi connectivity index (χ4n) is 7.11. The lowest BCUT2D eigenvalue weighted by molar-refractivity contribution is 1.18. The van der Waals surface area contributed by atoms with Crippen molar-refractivity contribution in [2.45, 2.75) is 0 Å². The van der Waals surface area contributed by atoms with Gasteiger partial charge in [-0.15, -0.1) is 0 Å². The molecule has 4 heteroatoms. The molecule has 0 bridgehead atoms. The van der Waals surface area contributed by atoms with Crippen molar-refractivity contribution in [2.24, 2.45) is 0 Å². The molecule has 260 valence electrons. The highest BCUT2D eigenvalue weighted by atomic mass is 14.9. The first-order valence-corrected chi connectivity index (χ1v) is 18.4. The van der Waals surface area contributed by atoms with Crippen LogP contribution >= 0.6 is 0 Å². The molecule has 0 atom stereocenters. The predicted octanol–water partition coefficient (Wildman–Crippen LogP) is 12.2. The quantitative estimate of drug-likeness (QED) is 0.155. The zero-order valence-corrected chi connectivity index (χ0v) is 30.0. The van der Waals surface area contributed by atoms with Crippen molar-refractivity contribution < 1.29 is 0 Å². The van der Waals surface area contributed by atoms with Crippen LogP contribution in [-0.2, 0) is 0 Å². The second-order valence-electron chi connectivity index (χ2n) is 13.5. The molecule has 1 aliphatic rings. The summed E-state index contributed by atoms with van der Waals surface area (Å²) in [5, 5.41) is 13.4. The first-order valence-electron chi connectivity index (χ1n) is 18.4. The number of allylic oxidation sites excluding steroid dienone is 1. The molecule has 0 amide bonds. The van der Waals surface area contributed by atoms with Gasteiger partial charge >= 0.3 is 0 Å². The normalized spacial score (nSPS) is 12.9. The van der Waals surface area contributed by atoms with Crippen LogP contribution in [0.5, 0.6) is 0 Å². The molecule has 0 unspecified atom stereocenters. The Bertz CT molecular complexity index is 2630. The van der Waals surface area contributed by atoms with Crippen molar-refractivity contribution in [3.05, 3.63) is 228 Å². The molecule has 4 nitrogen and oxygen atoms in total. The summed E-state index contributed by atoms with van der Waals surface area (Å²) in [6.07, 6.45) is 2.21. The first kappa shape index (κ1) is 33.4. The highest BCUT2D eigenvalue weighted by molar-refractivity contribution is 6.36. The molecule has 2 N–H and O–H groups in total. The fourth-order valence-corrected chi connectivity index (χ4v) is 7.11. The smallest absolute Gasteiger partial charge is 0.160 e. The van der Waals surface area contributed by atoms with Gasteiger partial charge in [0.15, 0.2) is 5.82 Å². The molecule has 8 aromatic rings. The lowest BCUT2D eigenvalue weighted by Gasteiger charge is -2.27. The van der Waals surface area contributed by atoms with E-state index in [1.165, 1.54) is 0 Å². The zero-order valence-electron chi connectivity index (χ0n) is 30.0. The van der Waals surface area contributed by atoms with Crippen molar-refractivity contribution in [3.63, 3.8) is 0 Å². The fraction of sp³-hybridized carbons (Fsp3) is 0. The van der Waals surface area contributed by atoms with E-state index in [4.69, 9.17) is 9.97 Å². The monoisotopic (exact) mass is 704 g/mol. The first-order chi connectivity index (χ1) is 27.2. The van der Waals surface area contributed by atoms with Crippen LogP contribution in [0.3, 0.4) is 0 Å². The number of nitrogens with one attached hydrogen (secondary N) is 2. The topological polar surface area (TPSA) is 61.7 Å². The molecule has 0 saturated heterocycles. The van der Waals surface area contributed by atoms with Crippen LogP contribution in [0.4, 0.5) is 0 Å². The predicted molar refractivity (Wildman–Crippen MR) is 228 cm³/mol. The molecule has 0 radical (unpaired) electrons. The molecule has 7 aromatic carbocycles. The van der Waals surface area contributed by atoms with Gasteiger partial charge in [0.1, 0.15) is 0 Å². The molecule has 0 saturated carbocycles. The van der Waals surface area contributed by atoms with Crippen LogP contribution in [0.2, 0.25) is 0 Å². The van der Waals surface area contributed by atoms with Crippen LogP contribution in [-0.4, -0.2) is 15.7 Å². The van der Waals surface area contributed by atoms with Crippen LogP contribution in [0.1, 0.15) is 27.8 Å².